The molecule has 0 aliphatic rings. The zero-order chi connectivity index (χ0) is 26.7. The number of halogens is 1. The topological polar surface area (TPSA) is 122 Å². The van der Waals surface area contributed by atoms with Gasteiger partial charge in [-0.05, 0) is 77.4 Å². The van der Waals surface area contributed by atoms with Gasteiger partial charge in [0.05, 0.1) is 11.0 Å². The number of esters is 1. The molecule has 9 nitrogen and oxygen atoms in total. The molecular formula is C26H31ClN4O5. The number of amides is 2. The van der Waals surface area contributed by atoms with Crippen molar-refractivity contribution in [1.29, 1.82) is 0 Å². The lowest BCUT2D eigenvalue weighted by Crippen LogP contribution is -2.45. The van der Waals surface area contributed by atoms with Gasteiger partial charge >= 0.3 is 12.1 Å². The number of nitrogens with one attached hydrogen (secondary N) is 3. The first-order valence-electron chi connectivity index (χ1n) is 11.5. The molecule has 0 fully saturated rings. The summed E-state index contributed by atoms with van der Waals surface area (Å²) >= 11 is 5.97. The van der Waals surface area contributed by atoms with Crippen molar-refractivity contribution in [3.05, 3.63) is 58.6 Å². The third-order valence-electron chi connectivity index (χ3n) is 4.71. The van der Waals surface area contributed by atoms with Crippen LogP contribution in [0.2, 0.25) is 5.02 Å². The van der Waals surface area contributed by atoms with E-state index in [4.69, 9.17) is 21.1 Å². The van der Waals surface area contributed by atoms with Crippen LogP contribution in [0.4, 0.5) is 10.7 Å². The number of hydrogen-bond donors (Lipinski definition) is 3. The Balaban J connectivity index is 1.78. The third-order valence-corrected chi connectivity index (χ3v) is 4.97. The molecule has 2 aromatic carbocycles. The van der Waals surface area contributed by atoms with Crippen molar-refractivity contribution >= 4 is 46.6 Å². The van der Waals surface area contributed by atoms with Gasteiger partial charge in [0.1, 0.15) is 17.2 Å². The molecule has 0 saturated carbocycles. The summed E-state index contributed by atoms with van der Waals surface area (Å²) < 4.78 is 10.8. The normalized spacial score (nSPS) is 12.6. The van der Waals surface area contributed by atoms with Gasteiger partial charge in [-0.1, -0.05) is 23.7 Å². The fourth-order valence-electron chi connectivity index (χ4n) is 3.27. The van der Waals surface area contributed by atoms with E-state index in [1.165, 1.54) is 0 Å². The molecule has 1 heterocycles. The molecule has 0 aliphatic carbocycles. The van der Waals surface area contributed by atoms with Crippen molar-refractivity contribution in [3.8, 4) is 0 Å². The van der Waals surface area contributed by atoms with Gasteiger partial charge < -0.3 is 19.8 Å². The third kappa shape index (κ3) is 7.98. The summed E-state index contributed by atoms with van der Waals surface area (Å²) in [4.78, 5) is 45.2. The van der Waals surface area contributed by atoms with Crippen LogP contribution in [0.15, 0.2) is 42.5 Å². The lowest BCUT2D eigenvalue weighted by atomic mass is 10.0. The van der Waals surface area contributed by atoms with Gasteiger partial charge in [-0.25, -0.2) is 14.6 Å². The number of imidazole rings is 1. The number of H-pyrrole nitrogens is 1. The highest BCUT2D eigenvalue weighted by molar-refractivity contribution is 6.30. The second-order valence-electron chi connectivity index (χ2n) is 10.3. The Morgan fingerprint density at radius 2 is 1.61 bits per heavy atom. The van der Waals surface area contributed by atoms with E-state index >= 15 is 0 Å². The monoisotopic (exact) mass is 514 g/mol. The number of aromatic nitrogens is 2. The lowest BCUT2D eigenvalue weighted by Gasteiger charge is -2.24. The highest BCUT2D eigenvalue weighted by Crippen LogP contribution is 2.19. The smallest absolute Gasteiger partial charge is 0.414 e. The van der Waals surface area contributed by atoms with Gasteiger partial charge in [0.25, 0.3) is 5.91 Å². The summed E-state index contributed by atoms with van der Waals surface area (Å²) in [6, 6.07) is 10.9. The Morgan fingerprint density at radius 3 is 2.22 bits per heavy atom. The first kappa shape index (κ1) is 27.0. The molecule has 36 heavy (non-hydrogen) atoms. The maximum absolute atomic E-state index is 13.1. The average Bonchev–Trinajstić information content (AvgIpc) is 3.13. The van der Waals surface area contributed by atoms with Crippen LogP contribution in [0.3, 0.4) is 0 Å². The van der Waals surface area contributed by atoms with Gasteiger partial charge in [0, 0.05) is 17.0 Å². The van der Waals surface area contributed by atoms with E-state index in [1.54, 1.807) is 84.0 Å². The zero-order valence-electron chi connectivity index (χ0n) is 21.2. The van der Waals surface area contributed by atoms with Crippen LogP contribution in [-0.4, -0.2) is 45.2 Å². The molecule has 0 bridgehead atoms. The number of benzene rings is 2. The summed E-state index contributed by atoms with van der Waals surface area (Å²) in [6.45, 7) is 10.6. The van der Waals surface area contributed by atoms with E-state index in [0.717, 1.165) is 5.56 Å². The molecule has 0 radical (unpaired) electrons. The molecule has 3 N–H and O–H groups in total. The SMILES string of the molecule is CC(C)(C)OC(=O)Nc1nc2ccc(C(=O)N[C@@H](Cc3ccc(Cl)cc3)C(=O)OC(C)(C)C)cc2[nH]1. The number of rotatable bonds is 6. The maximum Gasteiger partial charge on any atom is 0.414 e. The Hall–Kier alpha value is -3.59. The standard InChI is InChI=1S/C26H31ClN4O5/c1-25(2,3)35-22(33)20(13-15-7-10-17(27)11-8-15)28-21(32)16-9-12-18-19(14-16)30-23(29-18)31-24(34)36-26(4,5)6/h7-12,14,20H,13H2,1-6H3,(H,28,32)(H2,29,30,31,34)/t20-/m0/s1. The van der Waals surface area contributed by atoms with Crippen LogP contribution in [0.5, 0.6) is 0 Å². The second kappa shape index (κ2) is 10.6. The molecule has 192 valence electrons. The Labute approximate surface area is 214 Å². The predicted molar refractivity (Wildman–Crippen MR) is 138 cm³/mol. The van der Waals surface area contributed by atoms with Gasteiger partial charge in [0.15, 0.2) is 0 Å². The summed E-state index contributed by atoms with van der Waals surface area (Å²) in [7, 11) is 0. The van der Waals surface area contributed by atoms with Gasteiger partial charge in [-0.2, -0.15) is 0 Å². The molecule has 0 spiro atoms. The molecule has 1 aromatic heterocycles. The maximum atomic E-state index is 13.1. The summed E-state index contributed by atoms with van der Waals surface area (Å²) in [6.07, 6.45) is -0.421. The minimum atomic E-state index is -0.917. The second-order valence-corrected chi connectivity index (χ2v) is 10.8. The number of carbonyl (C=O) groups is 3. The molecule has 0 unspecified atom stereocenters. The lowest BCUT2D eigenvalue weighted by molar-refractivity contribution is -0.157. The molecule has 3 rings (SSSR count). The number of hydrogen-bond acceptors (Lipinski definition) is 6. The van der Waals surface area contributed by atoms with E-state index in [-0.39, 0.29) is 12.4 Å². The van der Waals surface area contributed by atoms with Gasteiger partial charge in [-0.3, -0.25) is 10.1 Å². The van der Waals surface area contributed by atoms with Crippen LogP contribution in [-0.2, 0) is 20.7 Å². The van der Waals surface area contributed by atoms with E-state index < -0.39 is 35.2 Å². The molecule has 0 aliphatic heterocycles. The molecule has 2 amide bonds. The summed E-state index contributed by atoms with van der Waals surface area (Å²) in [5.41, 5.74) is 0.824. The largest absolute Gasteiger partial charge is 0.458 e. The van der Waals surface area contributed by atoms with Crippen molar-refractivity contribution in [3.63, 3.8) is 0 Å². The number of aromatic amines is 1. The summed E-state index contributed by atoms with van der Waals surface area (Å²) in [5.74, 6) is -0.818. The van der Waals surface area contributed by atoms with Crippen molar-refractivity contribution in [2.75, 3.05) is 5.32 Å². The fraction of sp³-hybridized carbons (Fsp3) is 0.385. The number of carbonyl (C=O) groups excluding carboxylic acids is 3. The van der Waals surface area contributed by atoms with Crippen molar-refractivity contribution in [2.24, 2.45) is 0 Å². The van der Waals surface area contributed by atoms with Crippen LogP contribution >= 0.6 is 11.6 Å². The van der Waals surface area contributed by atoms with Crippen LogP contribution in [0.25, 0.3) is 11.0 Å². The molecule has 10 heteroatoms. The highest BCUT2D eigenvalue weighted by atomic mass is 35.5. The van der Waals surface area contributed by atoms with E-state index in [1.807, 2.05) is 0 Å². The Kier molecular flexibility index (Phi) is 7.93. The van der Waals surface area contributed by atoms with Crippen LogP contribution in [0.1, 0.15) is 57.5 Å². The predicted octanol–water partition coefficient (Wildman–Crippen LogP) is 5.25. The molecule has 1 atom stereocenters. The fourth-order valence-corrected chi connectivity index (χ4v) is 3.40. The van der Waals surface area contributed by atoms with E-state index in [0.29, 0.717) is 21.6 Å². The minimum absolute atomic E-state index is 0.186. The van der Waals surface area contributed by atoms with Crippen molar-refractivity contribution < 1.29 is 23.9 Å². The Bertz CT molecular complexity index is 1260. The zero-order valence-corrected chi connectivity index (χ0v) is 21.9. The number of ether oxygens (including phenoxy) is 2. The minimum Gasteiger partial charge on any atom is -0.458 e. The van der Waals surface area contributed by atoms with E-state index in [2.05, 4.69) is 20.6 Å². The quantitative estimate of drug-likeness (QED) is 0.386. The van der Waals surface area contributed by atoms with Crippen molar-refractivity contribution in [1.82, 2.24) is 15.3 Å². The van der Waals surface area contributed by atoms with Crippen LogP contribution in [0, 0.1) is 0 Å². The van der Waals surface area contributed by atoms with Gasteiger partial charge in [-0.15, -0.1) is 0 Å². The van der Waals surface area contributed by atoms with Gasteiger partial charge in [0.2, 0.25) is 5.95 Å². The van der Waals surface area contributed by atoms with Crippen LogP contribution < -0.4 is 10.6 Å². The average molecular weight is 515 g/mol. The highest BCUT2D eigenvalue weighted by Gasteiger charge is 2.27. The number of anilines is 1. The molecule has 3 aromatic rings. The van der Waals surface area contributed by atoms with E-state index in [9.17, 15) is 14.4 Å². The van der Waals surface area contributed by atoms with Crippen molar-refractivity contribution in [2.45, 2.75) is 65.2 Å². The molecule has 0 saturated heterocycles. The number of nitrogens with zero attached hydrogens (tertiary/aromatic N) is 1. The first-order valence-corrected chi connectivity index (χ1v) is 11.8. The summed E-state index contributed by atoms with van der Waals surface area (Å²) in [5, 5.41) is 5.89. The number of fused-ring (bicyclic) bond motifs is 1. The first-order chi connectivity index (χ1) is 16.7. The Morgan fingerprint density at radius 1 is 0.972 bits per heavy atom. The molecular weight excluding hydrogens is 484 g/mol.